The fourth-order valence-corrected chi connectivity index (χ4v) is 5.43. The lowest BCUT2D eigenvalue weighted by molar-refractivity contribution is -0.197. The van der Waals surface area contributed by atoms with Gasteiger partial charge in [0.2, 0.25) is 5.79 Å². The van der Waals surface area contributed by atoms with Gasteiger partial charge >= 0.3 is 0 Å². The summed E-state index contributed by atoms with van der Waals surface area (Å²) in [5.41, 5.74) is 0.494. The Hall–Kier alpha value is -4.03. The number of hydrogen-bond acceptors (Lipinski definition) is 8. The zero-order chi connectivity index (χ0) is 30.5. The number of halogens is 2. The van der Waals surface area contributed by atoms with Crippen LogP contribution in [0.3, 0.4) is 0 Å². The van der Waals surface area contributed by atoms with Crippen molar-refractivity contribution in [1.29, 1.82) is 0 Å². The van der Waals surface area contributed by atoms with Crippen LogP contribution < -0.4 is 10.1 Å². The first-order valence-corrected chi connectivity index (χ1v) is 13.8. The van der Waals surface area contributed by atoms with Gasteiger partial charge in [-0.1, -0.05) is 0 Å². The van der Waals surface area contributed by atoms with Crippen LogP contribution in [0.15, 0.2) is 54.7 Å². The molecule has 2 N–H and O–H groups in total. The fourth-order valence-electron chi connectivity index (χ4n) is 5.43. The highest BCUT2D eigenvalue weighted by Crippen LogP contribution is 2.42. The molecule has 2 aromatic heterocycles. The van der Waals surface area contributed by atoms with E-state index in [0.29, 0.717) is 22.4 Å². The van der Waals surface area contributed by atoms with E-state index in [1.807, 2.05) is 13.0 Å². The number of ether oxygens (including phenoxy) is 4. The first-order chi connectivity index (χ1) is 20.5. The van der Waals surface area contributed by atoms with Crippen LogP contribution in [0.5, 0.6) is 5.75 Å². The molecule has 43 heavy (non-hydrogen) atoms. The van der Waals surface area contributed by atoms with Crippen LogP contribution in [-0.2, 0) is 25.6 Å². The topological polar surface area (TPSA) is 112 Å². The highest BCUT2D eigenvalue weighted by atomic mass is 19.1. The SMILES string of the molecule is COc1cc(C(=O)NCC2(c3cc(C(C)(C)O)c(F)c(-c4ccc(F)cc4)n3)O[C@H]3COC[C@H]3O2)cc2cc(C)cnc12. The number of nitrogens with zero attached hydrogens (tertiary/aromatic N) is 2. The number of carbonyl (C=O) groups excluding carboxylic acids is 1. The first kappa shape index (κ1) is 29.1. The van der Waals surface area contributed by atoms with Gasteiger partial charge in [-0.2, -0.15) is 0 Å². The van der Waals surface area contributed by atoms with Crippen molar-refractivity contribution in [2.24, 2.45) is 0 Å². The average Bonchev–Trinajstić information content (AvgIpc) is 3.55. The largest absolute Gasteiger partial charge is 0.494 e. The monoisotopic (exact) mass is 591 g/mol. The molecule has 224 valence electrons. The minimum atomic E-state index is -1.64. The fraction of sp³-hybridized carbons (Fsp3) is 0.344. The molecule has 2 fully saturated rings. The van der Waals surface area contributed by atoms with Crippen LogP contribution >= 0.6 is 0 Å². The van der Waals surface area contributed by atoms with Crippen molar-refractivity contribution in [2.75, 3.05) is 26.9 Å². The third-order valence-corrected chi connectivity index (χ3v) is 7.64. The number of nitrogens with one attached hydrogen (secondary N) is 1. The molecule has 2 aliphatic rings. The summed E-state index contributed by atoms with van der Waals surface area (Å²) in [5.74, 6) is -2.90. The predicted octanol–water partition coefficient (Wildman–Crippen LogP) is 4.52. The summed E-state index contributed by atoms with van der Waals surface area (Å²) < 4.78 is 53.3. The summed E-state index contributed by atoms with van der Waals surface area (Å²) in [4.78, 5) is 22.5. The minimum Gasteiger partial charge on any atom is -0.494 e. The minimum absolute atomic E-state index is 0.0647. The zero-order valence-corrected chi connectivity index (χ0v) is 24.1. The molecule has 1 amide bonds. The van der Waals surface area contributed by atoms with Crippen molar-refractivity contribution in [1.82, 2.24) is 15.3 Å². The number of aromatic nitrogens is 2. The van der Waals surface area contributed by atoms with E-state index in [1.165, 1.54) is 51.3 Å². The Bertz CT molecular complexity index is 1690. The van der Waals surface area contributed by atoms with E-state index < -0.39 is 41.1 Å². The zero-order valence-electron chi connectivity index (χ0n) is 24.1. The molecule has 0 radical (unpaired) electrons. The second-order valence-electron chi connectivity index (χ2n) is 11.3. The van der Waals surface area contributed by atoms with E-state index in [9.17, 15) is 14.3 Å². The molecule has 2 aromatic carbocycles. The number of carbonyl (C=O) groups is 1. The van der Waals surface area contributed by atoms with Gasteiger partial charge in [-0.05, 0) is 74.9 Å². The van der Waals surface area contributed by atoms with Crippen molar-refractivity contribution in [2.45, 2.75) is 44.4 Å². The van der Waals surface area contributed by atoms with Gasteiger partial charge in [0, 0.05) is 28.3 Å². The van der Waals surface area contributed by atoms with Gasteiger partial charge < -0.3 is 29.4 Å². The lowest BCUT2D eigenvalue weighted by Crippen LogP contribution is -2.44. The number of benzene rings is 2. The van der Waals surface area contributed by atoms with E-state index in [2.05, 4.69) is 15.3 Å². The lowest BCUT2D eigenvalue weighted by Gasteiger charge is -2.31. The molecule has 4 heterocycles. The molecule has 11 heteroatoms. The number of rotatable bonds is 7. The number of pyridine rings is 2. The second-order valence-corrected chi connectivity index (χ2v) is 11.3. The van der Waals surface area contributed by atoms with E-state index in [-0.39, 0.29) is 36.7 Å². The number of aliphatic hydroxyl groups is 1. The maximum atomic E-state index is 15.8. The third-order valence-electron chi connectivity index (χ3n) is 7.64. The lowest BCUT2D eigenvalue weighted by atomic mass is 9.93. The number of amides is 1. The predicted molar refractivity (Wildman–Crippen MR) is 152 cm³/mol. The smallest absolute Gasteiger partial charge is 0.251 e. The molecule has 9 nitrogen and oxygen atoms in total. The van der Waals surface area contributed by atoms with E-state index >= 15 is 4.39 Å². The third kappa shape index (κ3) is 5.45. The average molecular weight is 592 g/mol. The normalized spacial score (nSPS) is 21.7. The molecule has 3 atom stereocenters. The molecule has 1 unspecified atom stereocenters. The molecule has 0 aliphatic carbocycles. The quantitative estimate of drug-likeness (QED) is 0.323. The van der Waals surface area contributed by atoms with E-state index in [0.717, 1.165) is 10.9 Å². The van der Waals surface area contributed by atoms with Gasteiger partial charge in [0.25, 0.3) is 5.91 Å². The van der Waals surface area contributed by atoms with Crippen LogP contribution in [-0.4, -0.2) is 60.1 Å². The Balaban J connectivity index is 1.41. The standard InChI is InChI=1S/C32H31F2N3O6/c1-17-9-19-10-20(11-23(40-4)28(19)35-13-17)30(38)36-16-32(42-24-14-41-15-25(24)43-32)26-12-22(31(2,3)39)27(34)29(37-26)18-5-7-21(33)8-6-18/h5-13,24-25,39H,14-16H2,1-4H3,(H,36,38)/t24-,25+,32?. The molecule has 6 rings (SSSR count). The molecule has 0 spiro atoms. The Morgan fingerprint density at radius 2 is 1.81 bits per heavy atom. The molecule has 0 bridgehead atoms. The van der Waals surface area contributed by atoms with Crippen molar-refractivity contribution in [3.8, 4) is 17.0 Å². The summed E-state index contributed by atoms with van der Waals surface area (Å²) in [7, 11) is 1.51. The summed E-state index contributed by atoms with van der Waals surface area (Å²) in [5, 5.41) is 14.5. The van der Waals surface area contributed by atoms with Gasteiger partial charge in [-0.3, -0.25) is 9.78 Å². The maximum absolute atomic E-state index is 15.8. The number of methoxy groups -OCH3 is 1. The van der Waals surface area contributed by atoms with Crippen molar-refractivity contribution >= 4 is 16.8 Å². The second kappa shape index (κ2) is 10.9. The van der Waals surface area contributed by atoms with E-state index in [1.54, 1.807) is 18.3 Å². The molecule has 2 aliphatic heterocycles. The summed E-state index contributed by atoms with van der Waals surface area (Å²) in [6, 6.07) is 11.8. The Labute approximate surface area is 246 Å². The number of hydrogen-bond donors (Lipinski definition) is 2. The highest BCUT2D eigenvalue weighted by Gasteiger charge is 2.53. The number of fused-ring (bicyclic) bond motifs is 2. The Morgan fingerprint density at radius 3 is 2.47 bits per heavy atom. The van der Waals surface area contributed by atoms with Gasteiger partial charge in [0.05, 0.1) is 32.5 Å². The van der Waals surface area contributed by atoms with Crippen molar-refractivity contribution in [3.63, 3.8) is 0 Å². The van der Waals surface area contributed by atoms with Crippen LogP contribution in [0, 0.1) is 18.6 Å². The molecule has 2 saturated heterocycles. The maximum Gasteiger partial charge on any atom is 0.251 e. The summed E-state index contributed by atoms with van der Waals surface area (Å²) in [6.45, 7) is 5.12. The molecular formula is C32H31F2N3O6. The molecule has 0 saturated carbocycles. The van der Waals surface area contributed by atoms with Crippen LogP contribution in [0.2, 0.25) is 0 Å². The van der Waals surface area contributed by atoms with Crippen molar-refractivity contribution < 1.29 is 37.6 Å². The Morgan fingerprint density at radius 1 is 1.12 bits per heavy atom. The molecule has 4 aromatic rings. The highest BCUT2D eigenvalue weighted by molar-refractivity contribution is 6.00. The van der Waals surface area contributed by atoms with Gasteiger partial charge in [0.1, 0.15) is 40.7 Å². The molecular weight excluding hydrogens is 560 g/mol. The number of aryl methyl sites for hydroxylation is 1. The van der Waals surface area contributed by atoms with Crippen molar-refractivity contribution in [3.05, 3.63) is 88.7 Å². The van der Waals surface area contributed by atoms with Crippen LogP contribution in [0.4, 0.5) is 8.78 Å². The first-order valence-electron chi connectivity index (χ1n) is 13.8. The van der Waals surface area contributed by atoms with Crippen LogP contribution in [0.25, 0.3) is 22.2 Å². The summed E-state index contributed by atoms with van der Waals surface area (Å²) >= 11 is 0. The van der Waals surface area contributed by atoms with Gasteiger partial charge in [-0.25, -0.2) is 13.8 Å². The summed E-state index contributed by atoms with van der Waals surface area (Å²) in [6.07, 6.45) is 0.804. The van der Waals surface area contributed by atoms with Crippen LogP contribution in [0.1, 0.15) is 41.0 Å². The van der Waals surface area contributed by atoms with E-state index in [4.69, 9.17) is 18.9 Å². The van der Waals surface area contributed by atoms with Gasteiger partial charge in [-0.15, -0.1) is 0 Å². The van der Waals surface area contributed by atoms with Gasteiger partial charge in [0.15, 0.2) is 5.82 Å². The Kier molecular flexibility index (Phi) is 7.37.